The van der Waals surface area contributed by atoms with E-state index in [9.17, 15) is 0 Å². The van der Waals surface area contributed by atoms with Crippen LogP contribution in [0.1, 0.15) is 0 Å². The molecule has 7 heavy (non-hydrogen) atoms. The van der Waals surface area contributed by atoms with Crippen LogP contribution in [0.5, 0.6) is 0 Å². The molecule has 0 spiro atoms. The van der Waals surface area contributed by atoms with E-state index in [-0.39, 0.29) is 24.0 Å². The minimum absolute atomic E-state index is 0. The number of allylic oxidation sites excluding steroid dienone is 2. The van der Waals surface area contributed by atoms with E-state index >= 15 is 0 Å². The molecule has 0 aromatic rings. The van der Waals surface area contributed by atoms with Crippen LogP contribution >= 0.6 is 11.9 Å². The van der Waals surface area contributed by atoms with E-state index in [1.165, 1.54) is 11.9 Å². The third-order valence-corrected chi connectivity index (χ3v) is 0.969. The SMILES string of the molecule is [C+]1=CSNC=C1.[I-]. The van der Waals surface area contributed by atoms with Gasteiger partial charge in [-0.2, -0.15) is 0 Å². The first-order chi connectivity index (χ1) is 3.00. The normalized spacial score (nSPS) is 13.7. The second kappa shape index (κ2) is 4.43. The molecule has 0 saturated heterocycles. The molecule has 1 aliphatic rings. The molecule has 1 rings (SSSR count). The van der Waals surface area contributed by atoms with Gasteiger partial charge in [0.15, 0.2) is 6.08 Å². The lowest BCUT2D eigenvalue weighted by Gasteiger charge is -1.82. The summed E-state index contributed by atoms with van der Waals surface area (Å²) in [6.45, 7) is 0. The van der Waals surface area contributed by atoms with Crippen LogP contribution in [0.4, 0.5) is 0 Å². The Morgan fingerprint density at radius 3 is 2.57 bits per heavy atom. The lowest BCUT2D eigenvalue weighted by atomic mass is 10.6. The number of nitrogens with one attached hydrogen (secondary N) is 1. The molecule has 0 unspecified atom stereocenters. The van der Waals surface area contributed by atoms with E-state index in [1.807, 2.05) is 17.7 Å². The lowest BCUT2D eigenvalue weighted by molar-refractivity contribution is -0.00000119. The maximum atomic E-state index is 2.90. The third kappa shape index (κ3) is 2.91. The number of hydrogen-bond donors (Lipinski definition) is 1. The molecule has 0 radical (unpaired) electrons. The van der Waals surface area contributed by atoms with Crippen molar-refractivity contribution in [1.82, 2.24) is 4.72 Å². The smallest absolute Gasteiger partial charge is 0.178 e. The largest absolute Gasteiger partial charge is 1.00 e. The van der Waals surface area contributed by atoms with E-state index in [2.05, 4.69) is 10.8 Å². The van der Waals surface area contributed by atoms with Crippen molar-refractivity contribution in [1.29, 1.82) is 0 Å². The summed E-state index contributed by atoms with van der Waals surface area (Å²) in [6, 6.07) is 0. The number of rotatable bonds is 0. The highest BCUT2D eigenvalue weighted by Crippen LogP contribution is 1.97. The quantitative estimate of drug-likeness (QED) is 0.293. The first kappa shape index (κ1) is 7.27. The monoisotopic (exact) mass is 225 g/mol. The van der Waals surface area contributed by atoms with Crippen molar-refractivity contribution in [2.24, 2.45) is 0 Å². The topological polar surface area (TPSA) is 12.0 Å². The van der Waals surface area contributed by atoms with Gasteiger partial charge >= 0.3 is 0 Å². The molecule has 0 amide bonds. The molecular formula is C4H4INS. The van der Waals surface area contributed by atoms with Gasteiger partial charge < -0.3 is 24.0 Å². The number of halogens is 1. The average Bonchev–Trinajstić information content (AvgIpc) is 1.72. The Kier molecular flexibility index (Phi) is 4.60. The molecule has 0 bridgehead atoms. The van der Waals surface area contributed by atoms with Crippen molar-refractivity contribution in [2.45, 2.75) is 0 Å². The van der Waals surface area contributed by atoms with Gasteiger partial charge in [0.25, 0.3) is 0 Å². The van der Waals surface area contributed by atoms with Crippen LogP contribution in [-0.2, 0) is 0 Å². The molecule has 0 aliphatic carbocycles. The van der Waals surface area contributed by atoms with Crippen LogP contribution < -0.4 is 28.7 Å². The van der Waals surface area contributed by atoms with Crippen molar-refractivity contribution in [3.63, 3.8) is 0 Å². The molecule has 38 valence electrons. The fourth-order valence-electron chi connectivity index (χ4n) is 0.229. The van der Waals surface area contributed by atoms with Gasteiger partial charge in [0, 0.05) is 11.9 Å². The van der Waals surface area contributed by atoms with Crippen LogP contribution in [0.15, 0.2) is 17.7 Å². The Hall–Kier alpha value is 0.270. The summed E-state index contributed by atoms with van der Waals surface area (Å²) in [5.74, 6) is 0. The predicted molar refractivity (Wildman–Crippen MR) is 27.7 cm³/mol. The molecule has 0 aromatic heterocycles. The molecule has 3 heteroatoms. The second-order valence-corrected chi connectivity index (χ2v) is 1.56. The maximum Gasteiger partial charge on any atom is 0.178 e. The Labute approximate surface area is 64.4 Å². The molecule has 0 aromatic carbocycles. The summed E-state index contributed by atoms with van der Waals surface area (Å²) in [6.07, 6.45) is 6.55. The standard InChI is InChI=1S/C4H4NS.HI/c1-2-4-6-5-3-1;/h1,3-5H;1H/q+1;/p-1. The summed E-state index contributed by atoms with van der Waals surface area (Å²) < 4.78 is 2.90. The van der Waals surface area contributed by atoms with Crippen molar-refractivity contribution >= 4 is 11.9 Å². The fourth-order valence-corrected chi connectivity index (χ4v) is 0.590. The van der Waals surface area contributed by atoms with E-state index in [1.54, 1.807) is 0 Å². The highest BCUT2D eigenvalue weighted by Gasteiger charge is 1.87. The van der Waals surface area contributed by atoms with Crippen molar-refractivity contribution in [3.05, 3.63) is 23.8 Å². The van der Waals surface area contributed by atoms with Crippen LogP contribution in [0.2, 0.25) is 0 Å². The van der Waals surface area contributed by atoms with Crippen LogP contribution in [0, 0.1) is 6.08 Å². The summed E-state index contributed by atoms with van der Waals surface area (Å²) in [7, 11) is 0. The highest BCUT2D eigenvalue weighted by molar-refractivity contribution is 8.00. The molecule has 1 aliphatic heterocycles. The molecule has 1 N–H and O–H groups in total. The van der Waals surface area contributed by atoms with Gasteiger partial charge in [-0.25, -0.2) is 0 Å². The Morgan fingerprint density at radius 2 is 2.43 bits per heavy atom. The van der Waals surface area contributed by atoms with E-state index in [4.69, 9.17) is 0 Å². The van der Waals surface area contributed by atoms with Gasteiger partial charge in [0.1, 0.15) is 17.7 Å². The predicted octanol–water partition coefficient (Wildman–Crippen LogP) is -1.93. The summed E-state index contributed by atoms with van der Waals surface area (Å²) in [5, 5.41) is 1.86. The third-order valence-electron chi connectivity index (χ3n) is 0.443. The van der Waals surface area contributed by atoms with Gasteiger partial charge in [-0.15, -0.1) is 0 Å². The molecular weight excluding hydrogens is 221 g/mol. The highest BCUT2D eigenvalue weighted by atomic mass is 127. The first-order valence-electron chi connectivity index (χ1n) is 1.64. The van der Waals surface area contributed by atoms with Crippen molar-refractivity contribution in [2.75, 3.05) is 0 Å². The average molecular weight is 225 g/mol. The minimum atomic E-state index is 0. The van der Waals surface area contributed by atoms with E-state index < -0.39 is 0 Å². The maximum absolute atomic E-state index is 2.90. The van der Waals surface area contributed by atoms with Gasteiger partial charge in [-0.1, -0.05) is 0 Å². The molecule has 0 fully saturated rings. The van der Waals surface area contributed by atoms with Gasteiger partial charge in [-0.3, -0.25) is 4.72 Å². The van der Waals surface area contributed by atoms with Crippen molar-refractivity contribution in [3.8, 4) is 0 Å². The molecule has 0 saturated carbocycles. The summed E-state index contributed by atoms with van der Waals surface area (Å²) in [5.41, 5.74) is 0. The number of hydrogen-bond acceptors (Lipinski definition) is 2. The van der Waals surface area contributed by atoms with Crippen molar-refractivity contribution < 1.29 is 24.0 Å². The molecule has 1 nitrogen and oxygen atoms in total. The molecule has 0 atom stereocenters. The summed E-state index contributed by atoms with van der Waals surface area (Å²) >= 11 is 1.52. The zero-order valence-electron chi connectivity index (χ0n) is 3.52. The van der Waals surface area contributed by atoms with Crippen LogP contribution in [-0.4, -0.2) is 0 Å². The Morgan fingerprint density at radius 1 is 1.57 bits per heavy atom. The van der Waals surface area contributed by atoms with Gasteiger partial charge in [-0.05, 0) is 0 Å². The minimum Gasteiger partial charge on any atom is -1.00 e. The van der Waals surface area contributed by atoms with E-state index in [0.717, 1.165) is 0 Å². The fraction of sp³-hybridized carbons (Fsp3) is 0. The van der Waals surface area contributed by atoms with Gasteiger partial charge in [0.05, 0.1) is 0 Å². The Bertz CT molecular complexity index is 77.7. The van der Waals surface area contributed by atoms with Crippen LogP contribution in [0.3, 0.4) is 0 Å². The Balaban J connectivity index is 0.000000360. The summed E-state index contributed by atoms with van der Waals surface area (Å²) in [4.78, 5) is 0. The van der Waals surface area contributed by atoms with Crippen LogP contribution in [0.25, 0.3) is 0 Å². The second-order valence-electron chi connectivity index (χ2n) is 0.854. The van der Waals surface area contributed by atoms with Gasteiger partial charge in [0.2, 0.25) is 0 Å². The van der Waals surface area contributed by atoms with E-state index in [0.29, 0.717) is 0 Å². The molecule has 1 heterocycles. The zero-order valence-corrected chi connectivity index (χ0v) is 6.49. The zero-order chi connectivity index (χ0) is 4.24. The first-order valence-corrected chi connectivity index (χ1v) is 2.52. The lowest BCUT2D eigenvalue weighted by Crippen LogP contribution is -3.00.